The summed E-state index contributed by atoms with van der Waals surface area (Å²) in [6.07, 6.45) is 0. The van der Waals surface area contributed by atoms with Gasteiger partial charge in [-0.15, -0.1) is 11.6 Å². The van der Waals surface area contributed by atoms with Crippen LogP contribution in [0.15, 0.2) is 18.2 Å². The molecule has 0 amide bonds. The van der Waals surface area contributed by atoms with E-state index < -0.39 is 4.92 Å². The summed E-state index contributed by atoms with van der Waals surface area (Å²) < 4.78 is 10.4. The lowest BCUT2D eigenvalue weighted by Crippen LogP contribution is -2.08. The Bertz CT molecular complexity index is 387. The zero-order valence-electron chi connectivity index (χ0n) is 8.90. The standard InChI is InChI=1S/C10H11Cl2NO4/c11-3-4-16-5-6-17-10-2-1-8(13(14)15)7-9(10)12/h1-2,7H,3-6H2. The molecule has 5 nitrogen and oxygen atoms in total. The van der Waals surface area contributed by atoms with Gasteiger partial charge in [0.2, 0.25) is 0 Å². The number of alkyl halides is 1. The molecule has 0 aliphatic carbocycles. The second-order valence-corrected chi connectivity index (χ2v) is 3.81. The topological polar surface area (TPSA) is 61.6 Å². The quantitative estimate of drug-likeness (QED) is 0.333. The Morgan fingerprint density at radius 2 is 2.06 bits per heavy atom. The highest BCUT2D eigenvalue weighted by Crippen LogP contribution is 2.28. The van der Waals surface area contributed by atoms with E-state index in [0.29, 0.717) is 31.5 Å². The van der Waals surface area contributed by atoms with Crippen molar-refractivity contribution in [2.24, 2.45) is 0 Å². The van der Waals surface area contributed by atoms with Crippen molar-refractivity contribution in [3.63, 3.8) is 0 Å². The highest BCUT2D eigenvalue weighted by molar-refractivity contribution is 6.32. The van der Waals surface area contributed by atoms with E-state index in [4.69, 9.17) is 32.7 Å². The molecule has 0 aromatic heterocycles. The molecule has 1 aromatic rings. The second kappa shape index (κ2) is 7.32. The molecule has 0 saturated heterocycles. The minimum Gasteiger partial charge on any atom is -0.490 e. The number of rotatable bonds is 7. The van der Waals surface area contributed by atoms with Gasteiger partial charge in [-0.05, 0) is 6.07 Å². The molecule has 0 saturated carbocycles. The second-order valence-electron chi connectivity index (χ2n) is 3.02. The van der Waals surface area contributed by atoms with Gasteiger partial charge >= 0.3 is 0 Å². The SMILES string of the molecule is O=[N+]([O-])c1ccc(OCCOCCCl)c(Cl)c1. The third-order valence-corrected chi connectivity index (χ3v) is 2.28. The molecule has 94 valence electrons. The maximum Gasteiger partial charge on any atom is 0.271 e. The van der Waals surface area contributed by atoms with Crippen LogP contribution in [-0.4, -0.2) is 30.6 Å². The van der Waals surface area contributed by atoms with Crippen LogP contribution in [0.2, 0.25) is 5.02 Å². The van der Waals surface area contributed by atoms with Crippen LogP contribution in [-0.2, 0) is 4.74 Å². The van der Waals surface area contributed by atoms with Crippen LogP contribution in [0.3, 0.4) is 0 Å². The predicted octanol–water partition coefficient (Wildman–Crippen LogP) is 2.88. The first-order valence-corrected chi connectivity index (χ1v) is 5.77. The molecule has 0 aliphatic heterocycles. The van der Waals surface area contributed by atoms with Crippen molar-refractivity contribution in [2.45, 2.75) is 0 Å². The van der Waals surface area contributed by atoms with Gasteiger partial charge in [0, 0.05) is 18.0 Å². The monoisotopic (exact) mass is 279 g/mol. The van der Waals surface area contributed by atoms with Crippen molar-refractivity contribution in [3.8, 4) is 5.75 Å². The van der Waals surface area contributed by atoms with Gasteiger partial charge in [0.1, 0.15) is 12.4 Å². The first-order chi connectivity index (χ1) is 8.15. The number of hydrogen-bond acceptors (Lipinski definition) is 4. The number of hydrogen-bond donors (Lipinski definition) is 0. The molecule has 0 radical (unpaired) electrons. The van der Waals surface area contributed by atoms with Crippen molar-refractivity contribution in [3.05, 3.63) is 33.3 Å². The number of nitro groups is 1. The van der Waals surface area contributed by atoms with Crippen LogP contribution in [0.1, 0.15) is 0 Å². The van der Waals surface area contributed by atoms with Crippen LogP contribution in [0.25, 0.3) is 0 Å². The minimum atomic E-state index is -0.515. The van der Waals surface area contributed by atoms with Crippen LogP contribution < -0.4 is 4.74 Å². The van der Waals surface area contributed by atoms with Crippen molar-refractivity contribution < 1.29 is 14.4 Å². The Morgan fingerprint density at radius 1 is 1.29 bits per heavy atom. The molecule has 0 aliphatic rings. The van der Waals surface area contributed by atoms with Crippen LogP contribution in [0.4, 0.5) is 5.69 Å². The summed E-state index contributed by atoms with van der Waals surface area (Å²) in [4.78, 5) is 9.96. The highest BCUT2D eigenvalue weighted by atomic mass is 35.5. The molecule has 0 N–H and O–H groups in total. The molecule has 1 aromatic carbocycles. The van der Waals surface area contributed by atoms with Crippen molar-refractivity contribution >= 4 is 28.9 Å². The van der Waals surface area contributed by atoms with E-state index in [-0.39, 0.29) is 10.7 Å². The Labute approximate surface area is 108 Å². The molecule has 7 heteroatoms. The summed E-state index contributed by atoms with van der Waals surface area (Å²) in [7, 11) is 0. The Kier molecular flexibility index (Phi) is 6.04. The van der Waals surface area contributed by atoms with Gasteiger partial charge in [0.05, 0.1) is 23.2 Å². The third-order valence-electron chi connectivity index (χ3n) is 1.83. The van der Waals surface area contributed by atoms with E-state index in [2.05, 4.69) is 0 Å². The van der Waals surface area contributed by atoms with Gasteiger partial charge in [-0.25, -0.2) is 0 Å². The highest BCUT2D eigenvalue weighted by Gasteiger charge is 2.09. The van der Waals surface area contributed by atoms with Crippen LogP contribution in [0, 0.1) is 10.1 Å². The summed E-state index contributed by atoms with van der Waals surface area (Å²) in [6.45, 7) is 1.16. The minimum absolute atomic E-state index is 0.0688. The average Bonchev–Trinajstić information content (AvgIpc) is 2.30. The predicted molar refractivity (Wildman–Crippen MR) is 65.1 cm³/mol. The molecule has 1 rings (SSSR count). The normalized spacial score (nSPS) is 10.2. The lowest BCUT2D eigenvalue weighted by atomic mass is 10.3. The van der Waals surface area contributed by atoms with Crippen LogP contribution in [0.5, 0.6) is 5.75 Å². The maximum atomic E-state index is 10.5. The van der Waals surface area contributed by atoms with Gasteiger partial charge in [-0.2, -0.15) is 0 Å². The first-order valence-electron chi connectivity index (χ1n) is 4.85. The number of halogens is 2. The Hall–Kier alpha value is -1.04. The molecule has 17 heavy (non-hydrogen) atoms. The molecule has 0 fully saturated rings. The van der Waals surface area contributed by atoms with Gasteiger partial charge < -0.3 is 9.47 Å². The number of benzene rings is 1. The van der Waals surface area contributed by atoms with Gasteiger partial charge in [-0.3, -0.25) is 10.1 Å². The third kappa shape index (κ3) is 4.77. The number of ether oxygens (including phenoxy) is 2. The zero-order chi connectivity index (χ0) is 12.7. The summed E-state index contributed by atoms with van der Waals surface area (Å²) in [5.41, 5.74) is -0.0688. The van der Waals surface area contributed by atoms with E-state index in [0.717, 1.165) is 0 Å². The summed E-state index contributed by atoms with van der Waals surface area (Å²) in [6, 6.07) is 4.04. The molecule has 0 spiro atoms. The van der Waals surface area contributed by atoms with E-state index in [1.54, 1.807) is 0 Å². The van der Waals surface area contributed by atoms with Gasteiger partial charge in [0.25, 0.3) is 5.69 Å². The number of nitrogens with zero attached hydrogens (tertiary/aromatic N) is 1. The summed E-state index contributed by atoms with van der Waals surface area (Å²) >= 11 is 11.2. The molecular weight excluding hydrogens is 269 g/mol. The fraction of sp³-hybridized carbons (Fsp3) is 0.400. The van der Waals surface area contributed by atoms with Gasteiger partial charge in [0.15, 0.2) is 0 Å². The average molecular weight is 280 g/mol. The van der Waals surface area contributed by atoms with Crippen molar-refractivity contribution in [1.29, 1.82) is 0 Å². The fourth-order valence-corrected chi connectivity index (χ4v) is 1.43. The maximum absolute atomic E-state index is 10.5. The Morgan fingerprint density at radius 3 is 2.65 bits per heavy atom. The summed E-state index contributed by atoms with van der Waals surface area (Å²) in [5.74, 6) is 0.824. The molecular formula is C10H11Cl2NO4. The van der Waals surface area contributed by atoms with E-state index in [1.165, 1.54) is 18.2 Å². The van der Waals surface area contributed by atoms with E-state index in [9.17, 15) is 10.1 Å². The molecule has 0 atom stereocenters. The van der Waals surface area contributed by atoms with E-state index >= 15 is 0 Å². The largest absolute Gasteiger partial charge is 0.490 e. The van der Waals surface area contributed by atoms with Crippen molar-refractivity contribution in [1.82, 2.24) is 0 Å². The fourth-order valence-electron chi connectivity index (χ4n) is 1.09. The summed E-state index contributed by atoms with van der Waals surface area (Å²) in [5, 5.41) is 10.7. The molecule has 0 bridgehead atoms. The molecule has 0 unspecified atom stereocenters. The lowest BCUT2D eigenvalue weighted by molar-refractivity contribution is -0.384. The smallest absolute Gasteiger partial charge is 0.271 e. The molecule has 0 heterocycles. The number of nitro benzene ring substituents is 1. The van der Waals surface area contributed by atoms with Gasteiger partial charge in [-0.1, -0.05) is 11.6 Å². The van der Waals surface area contributed by atoms with Crippen molar-refractivity contribution in [2.75, 3.05) is 25.7 Å². The van der Waals surface area contributed by atoms with Crippen LogP contribution >= 0.6 is 23.2 Å². The Balaban J connectivity index is 2.46. The first kappa shape index (κ1) is 14.0. The lowest BCUT2D eigenvalue weighted by Gasteiger charge is -2.07. The van der Waals surface area contributed by atoms with E-state index in [1.807, 2.05) is 0 Å². The zero-order valence-corrected chi connectivity index (χ0v) is 10.4. The number of non-ortho nitro benzene ring substituents is 1.